The van der Waals surface area contributed by atoms with Gasteiger partial charge in [-0.2, -0.15) is 5.10 Å². The first kappa shape index (κ1) is 24.4. The fourth-order valence-corrected chi connectivity index (χ4v) is 4.95. The molecule has 2 aromatic rings. The number of aryl methyl sites for hydroxylation is 2. The third-order valence-corrected chi connectivity index (χ3v) is 6.89. The van der Waals surface area contributed by atoms with Gasteiger partial charge in [-0.05, 0) is 69.5 Å². The summed E-state index contributed by atoms with van der Waals surface area (Å²) >= 11 is 6.12. The minimum atomic E-state index is -0.378. The molecule has 2 heterocycles. The maximum Gasteiger partial charge on any atom is 0.323 e. The lowest BCUT2D eigenvalue weighted by Crippen LogP contribution is -2.49. The summed E-state index contributed by atoms with van der Waals surface area (Å²) in [5.41, 5.74) is 5.24. The van der Waals surface area contributed by atoms with E-state index in [1.165, 1.54) is 0 Å². The van der Waals surface area contributed by atoms with E-state index in [-0.39, 0.29) is 30.5 Å². The second-order valence-electron chi connectivity index (χ2n) is 9.11. The minimum Gasteiger partial charge on any atom is -0.465 e. The van der Waals surface area contributed by atoms with E-state index >= 15 is 0 Å². The van der Waals surface area contributed by atoms with Crippen LogP contribution in [0.2, 0.25) is 5.02 Å². The lowest BCUT2D eigenvalue weighted by molar-refractivity contribution is -0.152. The fraction of sp³-hybridized carbons (Fsp3) is 0.444. The number of rotatable bonds is 6. The van der Waals surface area contributed by atoms with Gasteiger partial charge in [0.1, 0.15) is 6.04 Å². The van der Waals surface area contributed by atoms with Gasteiger partial charge >= 0.3 is 5.97 Å². The van der Waals surface area contributed by atoms with E-state index in [0.717, 1.165) is 40.8 Å². The van der Waals surface area contributed by atoms with Crippen molar-refractivity contribution in [2.45, 2.75) is 58.5 Å². The predicted molar refractivity (Wildman–Crippen MR) is 134 cm³/mol. The summed E-state index contributed by atoms with van der Waals surface area (Å²) in [5.74, 6) is -0.360. The van der Waals surface area contributed by atoms with Crippen LogP contribution in [0.5, 0.6) is 0 Å². The molecule has 0 saturated carbocycles. The number of piperidine rings is 1. The molecule has 1 amide bonds. The topological polar surface area (TPSA) is 62.2 Å². The third-order valence-electron chi connectivity index (χ3n) is 6.64. The predicted octanol–water partition coefficient (Wildman–Crippen LogP) is 5.05. The number of halogens is 1. The van der Waals surface area contributed by atoms with E-state index in [0.29, 0.717) is 31.0 Å². The van der Waals surface area contributed by atoms with E-state index < -0.39 is 0 Å². The van der Waals surface area contributed by atoms with Crippen molar-refractivity contribution in [1.82, 2.24) is 9.91 Å². The van der Waals surface area contributed by atoms with Crippen molar-refractivity contribution in [1.29, 1.82) is 0 Å². The average Bonchev–Trinajstić information content (AvgIpc) is 3.27. The average molecular weight is 482 g/mol. The van der Waals surface area contributed by atoms with Crippen molar-refractivity contribution < 1.29 is 14.3 Å². The van der Waals surface area contributed by atoms with Crippen molar-refractivity contribution in [2.24, 2.45) is 5.10 Å². The number of hydrazone groups is 1. The summed E-state index contributed by atoms with van der Waals surface area (Å²) < 4.78 is 5.27. The molecule has 1 saturated heterocycles. The first-order valence-corrected chi connectivity index (χ1v) is 12.4. The summed E-state index contributed by atoms with van der Waals surface area (Å²) in [6, 6.07) is 13.3. The molecular weight excluding hydrogens is 450 g/mol. The van der Waals surface area contributed by atoms with E-state index in [1.54, 1.807) is 11.9 Å². The van der Waals surface area contributed by atoms with Crippen LogP contribution in [0.3, 0.4) is 0 Å². The highest BCUT2D eigenvalue weighted by atomic mass is 35.5. The lowest BCUT2D eigenvalue weighted by atomic mass is 9.95. The van der Waals surface area contributed by atoms with Crippen LogP contribution in [0.15, 0.2) is 47.6 Å². The van der Waals surface area contributed by atoms with E-state index in [1.807, 2.05) is 29.2 Å². The van der Waals surface area contributed by atoms with Gasteiger partial charge in [0.15, 0.2) is 0 Å². The summed E-state index contributed by atoms with van der Waals surface area (Å²) in [5, 5.41) is 7.10. The second-order valence-corrected chi connectivity index (χ2v) is 9.55. The number of carbonyl (C=O) groups is 2. The van der Waals surface area contributed by atoms with Gasteiger partial charge in [-0.15, -0.1) is 0 Å². The molecule has 7 heteroatoms. The molecule has 2 aliphatic heterocycles. The number of ether oxygens (including phenoxy) is 1. The monoisotopic (exact) mass is 481 g/mol. The van der Waals surface area contributed by atoms with Gasteiger partial charge in [0.25, 0.3) is 5.91 Å². The maximum atomic E-state index is 13.6. The normalized spacial score (nSPS) is 20.8. The van der Waals surface area contributed by atoms with Gasteiger partial charge in [0.2, 0.25) is 0 Å². The van der Waals surface area contributed by atoms with Crippen molar-refractivity contribution in [3.8, 4) is 0 Å². The molecule has 0 aliphatic carbocycles. The Labute approximate surface area is 206 Å². The molecule has 6 nitrogen and oxygen atoms in total. The highest BCUT2D eigenvalue weighted by molar-refractivity contribution is 6.30. The van der Waals surface area contributed by atoms with Gasteiger partial charge in [0, 0.05) is 17.0 Å². The van der Waals surface area contributed by atoms with E-state index in [9.17, 15) is 9.59 Å². The fourth-order valence-electron chi connectivity index (χ4n) is 4.83. The Bertz CT molecular complexity index is 1080. The SMILES string of the molecule is CCOC(=O)[C@H]1CCCCN1CC(=O)N1N=C(c2cc(C)ccc2C)C[C@@H]1c1ccc(Cl)cc1. The number of nitrogens with zero attached hydrogens (tertiary/aromatic N) is 3. The molecule has 0 aromatic heterocycles. The van der Waals surface area contributed by atoms with E-state index in [4.69, 9.17) is 21.4 Å². The van der Waals surface area contributed by atoms with Crippen LogP contribution in [0, 0.1) is 13.8 Å². The van der Waals surface area contributed by atoms with E-state index in [2.05, 4.69) is 32.0 Å². The molecule has 1 fully saturated rings. The molecule has 2 atom stereocenters. The Morgan fingerprint density at radius 2 is 1.88 bits per heavy atom. The molecule has 0 unspecified atom stereocenters. The highest BCUT2D eigenvalue weighted by Gasteiger charge is 2.37. The van der Waals surface area contributed by atoms with Gasteiger partial charge < -0.3 is 4.74 Å². The Hall–Kier alpha value is -2.70. The molecule has 2 aromatic carbocycles. The quantitative estimate of drug-likeness (QED) is 0.541. The number of hydrogen-bond donors (Lipinski definition) is 0. The first-order valence-electron chi connectivity index (χ1n) is 12.0. The van der Waals surface area contributed by atoms with Crippen molar-refractivity contribution in [3.05, 3.63) is 69.7 Å². The molecule has 0 N–H and O–H groups in total. The molecule has 4 rings (SSSR count). The van der Waals surface area contributed by atoms with Crippen molar-refractivity contribution in [2.75, 3.05) is 19.7 Å². The lowest BCUT2D eigenvalue weighted by Gasteiger charge is -2.34. The van der Waals surface area contributed by atoms with Crippen LogP contribution < -0.4 is 0 Å². The zero-order valence-corrected chi connectivity index (χ0v) is 20.8. The Morgan fingerprint density at radius 3 is 2.62 bits per heavy atom. The Balaban J connectivity index is 1.62. The molecule has 0 bridgehead atoms. The molecule has 180 valence electrons. The van der Waals surface area contributed by atoms with Gasteiger partial charge in [0.05, 0.1) is 24.9 Å². The van der Waals surface area contributed by atoms with Crippen LogP contribution >= 0.6 is 11.6 Å². The number of hydrogen-bond acceptors (Lipinski definition) is 5. The standard InChI is InChI=1S/C27H32ClN3O3/c1-4-34-27(33)24-7-5-6-14-30(24)17-26(32)31-25(20-10-12-21(28)13-11-20)16-23(29-31)22-15-18(2)8-9-19(22)3/h8-13,15,24-25H,4-7,14,16-17H2,1-3H3/t24-,25-/m1/s1. The second kappa shape index (κ2) is 10.7. The zero-order chi connectivity index (χ0) is 24.2. The largest absolute Gasteiger partial charge is 0.465 e. The van der Waals surface area contributed by atoms with Crippen molar-refractivity contribution >= 4 is 29.2 Å². The summed E-state index contributed by atoms with van der Waals surface area (Å²) in [6.07, 6.45) is 3.25. The zero-order valence-electron chi connectivity index (χ0n) is 20.1. The first-order chi connectivity index (χ1) is 16.4. The van der Waals surface area contributed by atoms with Crippen LogP contribution in [-0.2, 0) is 14.3 Å². The summed E-state index contributed by atoms with van der Waals surface area (Å²) in [4.78, 5) is 28.1. The van der Waals surface area contributed by atoms with Gasteiger partial charge in [-0.25, -0.2) is 5.01 Å². The van der Waals surface area contributed by atoms with Crippen LogP contribution in [0.4, 0.5) is 0 Å². The Morgan fingerprint density at radius 1 is 1.12 bits per heavy atom. The summed E-state index contributed by atoms with van der Waals surface area (Å²) in [6.45, 7) is 7.10. The molecule has 2 aliphatic rings. The highest BCUT2D eigenvalue weighted by Crippen LogP contribution is 2.34. The third kappa shape index (κ3) is 5.34. The number of carbonyl (C=O) groups excluding carboxylic acids is 2. The van der Waals surface area contributed by atoms with Crippen LogP contribution in [0.1, 0.15) is 60.9 Å². The van der Waals surface area contributed by atoms with Crippen LogP contribution in [-0.4, -0.2) is 53.2 Å². The number of likely N-dealkylation sites (tertiary alicyclic amines) is 1. The molecular formula is C27H32ClN3O3. The maximum absolute atomic E-state index is 13.6. The Kier molecular flexibility index (Phi) is 7.69. The molecule has 0 radical (unpaired) electrons. The number of esters is 1. The van der Waals surface area contributed by atoms with Gasteiger partial charge in [-0.1, -0.05) is 47.9 Å². The molecule has 0 spiro atoms. The number of amides is 1. The molecule has 34 heavy (non-hydrogen) atoms. The minimum absolute atomic E-state index is 0.114. The van der Waals surface area contributed by atoms with Crippen LogP contribution in [0.25, 0.3) is 0 Å². The smallest absolute Gasteiger partial charge is 0.323 e. The van der Waals surface area contributed by atoms with Gasteiger partial charge in [-0.3, -0.25) is 14.5 Å². The number of benzene rings is 2. The summed E-state index contributed by atoms with van der Waals surface area (Å²) in [7, 11) is 0. The van der Waals surface area contributed by atoms with Crippen molar-refractivity contribution in [3.63, 3.8) is 0 Å².